The minimum Gasteiger partial charge on any atom is -0.301 e. The number of hydrogen-bond donors (Lipinski definition) is 1. The third-order valence-corrected chi connectivity index (χ3v) is 4.26. The van der Waals surface area contributed by atoms with E-state index in [2.05, 4.69) is 59.6 Å². The molecule has 2 aromatic heterocycles. The molecule has 23 heavy (non-hydrogen) atoms. The van der Waals surface area contributed by atoms with Gasteiger partial charge in [0, 0.05) is 31.0 Å². The molecule has 1 atom stereocenters. The van der Waals surface area contributed by atoms with Gasteiger partial charge < -0.3 is 5.32 Å². The highest BCUT2D eigenvalue weighted by Gasteiger charge is 2.16. The number of nitrogens with one attached hydrogen (secondary N) is 1. The zero-order valence-electron chi connectivity index (χ0n) is 13.8. The van der Waals surface area contributed by atoms with Crippen molar-refractivity contribution in [2.24, 2.45) is 7.05 Å². The van der Waals surface area contributed by atoms with Gasteiger partial charge in [-0.15, -0.1) is 0 Å². The van der Waals surface area contributed by atoms with E-state index in [9.17, 15) is 0 Å². The summed E-state index contributed by atoms with van der Waals surface area (Å²) in [5.74, 6) is 0. The fourth-order valence-electron chi connectivity index (χ4n) is 2.86. The molecular formula is C19H22N4. The summed E-state index contributed by atoms with van der Waals surface area (Å²) < 4.78 is 1.94. The summed E-state index contributed by atoms with van der Waals surface area (Å²) in [5, 5.41) is 8.14. The number of pyridine rings is 1. The Hall–Kier alpha value is -2.46. The maximum absolute atomic E-state index is 4.53. The zero-order chi connectivity index (χ0) is 16.2. The Kier molecular flexibility index (Phi) is 4.53. The topological polar surface area (TPSA) is 42.7 Å². The van der Waals surface area contributed by atoms with Crippen molar-refractivity contribution in [1.82, 2.24) is 20.1 Å². The maximum atomic E-state index is 4.53. The molecule has 0 aliphatic carbocycles. The summed E-state index contributed by atoms with van der Waals surface area (Å²) in [5.41, 5.74) is 5.76. The summed E-state index contributed by atoms with van der Waals surface area (Å²) in [6.07, 6.45) is 1.84. The van der Waals surface area contributed by atoms with Crippen LogP contribution >= 0.6 is 0 Å². The van der Waals surface area contributed by atoms with Gasteiger partial charge in [-0.3, -0.25) is 9.67 Å². The monoisotopic (exact) mass is 306 g/mol. The van der Waals surface area contributed by atoms with E-state index in [-0.39, 0.29) is 6.04 Å². The fourth-order valence-corrected chi connectivity index (χ4v) is 2.86. The quantitative estimate of drug-likeness (QED) is 0.786. The molecule has 1 aromatic carbocycles. The van der Waals surface area contributed by atoms with E-state index in [1.165, 1.54) is 16.8 Å². The lowest BCUT2D eigenvalue weighted by Crippen LogP contribution is -2.23. The van der Waals surface area contributed by atoms with E-state index in [4.69, 9.17) is 0 Å². The first-order valence-electron chi connectivity index (χ1n) is 7.85. The Morgan fingerprint density at radius 1 is 1.04 bits per heavy atom. The van der Waals surface area contributed by atoms with E-state index in [0.717, 1.165) is 17.9 Å². The van der Waals surface area contributed by atoms with Gasteiger partial charge in [0.05, 0.1) is 17.4 Å². The maximum Gasteiger partial charge on any atom is 0.0754 e. The van der Waals surface area contributed by atoms with Crippen LogP contribution in [-0.2, 0) is 13.6 Å². The highest BCUT2D eigenvalue weighted by molar-refractivity contribution is 5.29. The van der Waals surface area contributed by atoms with Gasteiger partial charge in [-0.05, 0) is 31.5 Å². The minimum absolute atomic E-state index is 0.0661. The van der Waals surface area contributed by atoms with Crippen molar-refractivity contribution in [1.29, 1.82) is 0 Å². The van der Waals surface area contributed by atoms with Gasteiger partial charge in [-0.1, -0.05) is 36.4 Å². The van der Waals surface area contributed by atoms with Crippen LogP contribution in [0.3, 0.4) is 0 Å². The lowest BCUT2D eigenvalue weighted by atomic mass is 10.0. The van der Waals surface area contributed by atoms with Crippen molar-refractivity contribution in [3.05, 3.63) is 82.9 Å². The predicted octanol–water partition coefficient (Wildman–Crippen LogP) is 3.31. The largest absolute Gasteiger partial charge is 0.301 e. The zero-order valence-corrected chi connectivity index (χ0v) is 13.8. The fraction of sp³-hybridized carbons (Fsp3) is 0.263. The van der Waals surface area contributed by atoms with Gasteiger partial charge in [-0.25, -0.2) is 0 Å². The third kappa shape index (κ3) is 3.32. The average Bonchev–Trinajstić information content (AvgIpc) is 2.83. The highest BCUT2D eigenvalue weighted by Crippen LogP contribution is 2.21. The molecule has 0 bridgehead atoms. The number of rotatable bonds is 5. The van der Waals surface area contributed by atoms with Gasteiger partial charge in [0.2, 0.25) is 0 Å². The Morgan fingerprint density at radius 3 is 2.39 bits per heavy atom. The summed E-state index contributed by atoms with van der Waals surface area (Å²) in [6, 6.07) is 16.5. The predicted molar refractivity (Wildman–Crippen MR) is 92.0 cm³/mol. The van der Waals surface area contributed by atoms with Crippen LogP contribution in [0.4, 0.5) is 0 Å². The second-order valence-corrected chi connectivity index (χ2v) is 5.75. The standard InChI is InChI=1S/C19H22N4/c1-14-17(15(2)23(3)22-14)13-21-19(16-9-5-4-6-10-16)18-11-7-8-12-20-18/h4-12,19,21H,13H2,1-3H3. The molecule has 1 unspecified atom stereocenters. The molecule has 118 valence electrons. The van der Waals surface area contributed by atoms with Crippen molar-refractivity contribution in [2.75, 3.05) is 0 Å². The summed E-state index contributed by atoms with van der Waals surface area (Å²) in [4.78, 5) is 4.53. The van der Waals surface area contributed by atoms with E-state index in [1.807, 2.05) is 36.1 Å². The molecule has 0 saturated carbocycles. The first-order chi connectivity index (χ1) is 11.2. The molecule has 0 spiro atoms. The van der Waals surface area contributed by atoms with Gasteiger partial charge in [0.1, 0.15) is 0 Å². The molecule has 4 heteroatoms. The first kappa shape index (κ1) is 15.4. The Balaban J connectivity index is 1.88. The van der Waals surface area contributed by atoms with Crippen molar-refractivity contribution >= 4 is 0 Å². The van der Waals surface area contributed by atoms with Crippen LogP contribution in [-0.4, -0.2) is 14.8 Å². The number of benzene rings is 1. The Morgan fingerprint density at radius 2 is 1.78 bits per heavy atom. The molecule has 0 saturated heterocycles. The van der Waals surface area contributed by atoms with Crippen LogP contribution in [0.1, 0.15) is 34.3 Å². The van der Waals surface area contributed by atoms with Crippen LogP contribution in [0.25, 0.3) is 0 Å². The minimum atomic E-state index is 0.0661. The molecule has 2 heterocycles. The van der Waals surface area contributed by atoms with Crippen LogP contribution in [0.2, 0.25) is 0 Å². The van der Waals surface area contributed by atoms with Gasteiger partial charge in [0.15, 0.2) is 0 Å². The highest BCUT2D eigenvalue weighted by atomic mass is 15.3. The average molecular weight is 306 g/mol. The van der Waals surface area contributed by atoms with Crippen LogP contribution < -0.4 is 5.32 Å². The number of nitrogens with zero attached hydrogens (tertiary/aromatic N) is 3. The van der Waals surface area contributed by atoms with Crippen LogP contribution in [0, 0.1) is 13.8 Å². The molecular weight excluding hydrogens is 284 g/mol. The molecule has 0 amide bonds. The molecule has 3 aromatic rings. The molecule has 0 radical (unpaired) electrons. The summed E-state index contributed by atoms with van der Waals surface area (Å²) in [7, 11) is 1.99. The third-order valence-electron chi connectivity index (χ3n) is 4.26. The summed E-state index contributed by atoms with van der Waals surface area (Å²) >= 11 is 0. The van der Waals surface area contributed by atoms with E-state index in [1.54, 1.807) is 0 Å². The molecule has 0 fully saturated rings. The second-order valence-electron chi connectivity index (χ2n) is 5.75. The second kappa shape index (κ2) is 6.75. The normalized spacial score (nSPS) is 12.3. The molecule has 3 rings (SSSR count). The van der Waals surface area contributed by atoms with Crippen molar-refractivity contribution < 1.29 is 0 Å². The molecule has 1 N–H and O–H groups in total. The van der Waals surface area contributed by atoms with Crippen molar-refractivity contribution in [3.8, 4) is 0 Å². The van der Waals surface area contributed by atoms with E-state index >= 15 is 0 Å². The van der Waals surface area contributed by atoms with E-state index < -0.39 is 0 Å². The number of aryl methyl sites for hydroxylation is 2. The Bertz CT molecular complexity index is 723. The first-order valence-corrected chi connectivity index (χ1v) is 7.85. The lowest BCUT2D eigenvalue weighted by molar-refractivity contribution is 0.588. The molecule has 4 nitrogen and oxygen atoms in total. The van der Waals surface area contributed by atoms with Gasteiger partial charge >= 0.3 is 0 Å². The van der Waals surface area contributed by atoms with Crippen molar-refractivity contribution in [3.63, 3.8) is 0 Å². The number of hydrogen-bond acceptors (Lipinski definition) is 3. The lowest BCUT2D eigenvalue weighted by Gasteiger charge is -2.19. The Labute approximate surface area is 137 Å². The van der Waals surface area contributed by atoms with Gasteiger partial charge in [0.25, 0.3) is 0 Å². The smallest absolute Gasteiger partial charge is 0.0754 e. The van der Waals surface area contributed by atoms with Crippen molar-refractivity contribution in [2.45, 2.75) is 26.4 Å². The molecule has 0 aliphatic rings. The SMILES string of the molecule is Cc1nn(C)c(C)c1CNC(c1ccccc1)c1ccccn1. The summed E-state index contributed by atoms with van der Waals surface area (Å²) in [6.45, 7) is 4.93. The van der Waals surface area contributed by atoms with E-state index in [0.29, 0.717) is 0 Å². The van der Waals surface area contributed by atoms with Gasteiger partial charge in [-0.2, -0.15) is 5.10 Å². The molecule has 0 aliphatic heterocycles. The van der Waals surface area contributed by atoms with Crippen LogP contribution in [0.5, 0.6) is 0 Å². The number of aromatic nitrogens is 3. The van der Waals surface area contributed by atoms with Crippen LogP contribution in [0.15, 0.2) is 54.7 Å².